The summed E-state index contributed by atoms with van der Waals surface area (Å²) >= 11 is 8.44. The predicted octanol–water partition coefficient (Wildman–Crippen LogP) is 4.23. The molecule has 1 aromatic heterocycles. The van der Waals surface area contributed by atoms with Crippen molar-refractivity contribution in [2.75, 3.05) is 0 Å². The number of halogens is 2. The summed E-state index contributed by atoms with van der Waals surface area (Å²) in [6.45, 7) is 0.454. The second kappa shape index (κ2) is 5.58. The highest BCUT2D eigenvalue weighted by molar-refractivity contribution is 9.10. The predicted molar refractivity (Wildman–Crippen MR) is 91.0 cm³/mol. The molecule has 5 heteroatoms. The highest BCUT2D eigenvalue weighted by Gasteiger charge is 2.09. The summed E-state index contributed by atoms with van der Waals surface area (Å²) in [5.74, 6) is -0.217. The molecule has 106 valence electrons. The highest BCUT2D eigenvalue weighted by Crippen LogP contribution is 2.23. The van der Waals surface area contributed by atoms with Crippen LogP contribution in [-0.2, 0) is 6.54 Å². The van der Waals surface area contributed by atoms with E-state index in [2.05, 4.69) is 15.9 Å². The molecular weight excluding hydrogens is 351 g/mol. The highest BCUT2D eigenvalue weighted by atomic mass is 79.9. The molecule has 0 spiro atoms. The van der Waals surface area contributed by atoms with Gasteiger partial charge in [0.15, 0.2) is 0 Å². The van der Waals surface area contributed by atoms with Gasteiger partial charge in [-0.15, -0.1) is 0 Å². The summed E-state index contributed by atoms with van der Waals surface area (Å²) in [6, 6.07) is 12.7. The number of rotatable bonds is 3. The van der Waals surface area contributed by atoms with Crippen molar-refractivity contribution in [1.29, 1.82) is 0 Å². The molecule has 0 atom stereocenters. The Morgan fingerprint density at radius 2 is 2.05 bits per heavy atom. The molecule has 0 aliphatic rings. The second-order valence-electron chi connectivity index (χ2n) is 4.78. The fourth-order valence-electron chi connectivity index (χ4n) is 2.42. The Morgan fingerprint density at radius 3 is 2.81 bits per heavy atom. The van der Waals surface area contributed by atoms with Crippen molar-refractivity contribution in [3.05, 3.63) is 70.1 Å². The molecule has 0 amide bonds. The van der Waals surface area contributed by atoms with E-state index in [1.807, 2.05) is 35.0 Å². The third-order valence-corrected chi connectivity index (χ3v) is 4.14. The summed E-state index contributed by atoms with van der Waals surface area (Å²) in [5, 5.41) is 0.986. The third-order valence-electron chi connectivity index (χ3n) is 3.43. The quantitative estimate of drug-likeness (QED) is 0.707. The van der Waals surface area contributed by atoms with Gasteiger partial charge in [0.05, 0.1) is 6.54 Å². The van der Waals surface area contributed by atoms with Crippen LogP contribution in [0.3, 0.4) is 0 Å². The van der Waals surface area contributed by atoms with Gasteiger partial charge in [0.1, 0.15) is 10.8 Å². The summed E-state index contributed by atoms with van der Waals surface area (Å²) in [5.41, 5.74) is 8.20. The number of aromatic nitrogens is 1. The number of thiocarbonyl (C=S) groups is 1. The fraction of sp³-hybridized carbons (Fsp3) is 0.0625. The number of fused-ring (bicyclic) bond motifs is 1. The van der Waals surface area contributed by atoms with Gasteiger partial charge >= 0.3 is 0 Å². The van der Waals surface area contributed by atoms with Gasteiger partial charge in [0.2, 0.25) is 0 Å². The van der Waals surface area contributed by atoms with Gasteiger partial charge < -0.3 is 10.3 Å². The SMILES string of the molecule is NC(=S)c1cccc2c1ccn2Cc1cc(Br)ccc1F. The monoisotopic (exact) mass is 362 g/mol. The third kappa shape index (κ3) is 2.71. The molecule has 3 aromatic rings. The second-order valence-corrected chi connectivity index (χ2v) is 6.14. The van der Waals surface area contributed by atoms with Crippen LogP contribution in [0.1, 0.15) is 11.1 Å². The molecule has 3 rings (SSSR count). The minimum Gasteiger partial charge on any atom is -0.389 e. The first-order valence-electron chi connectivity index (χ1n) is 6.38. The van der Waals surface area contributed by atoms with E-state index in [1.54, 1.807) is 12.1 Å². The Bertz CT molecular complexity index is 841. The maximum absolute atomic E-state index is 13.9. The van der Waals surface area contributed by atoms with Crippen molar-refractivity contribution in [1.82, 2.24) is 4.57 Å². The zero-order valence-corrected chi connectivity index (χ0v) is 13.4. The van der Waals surface area contributed by atoms with E-state index in [0.717, 1.165) is 20.9 Å². The molecule has 1 heterocycles. The first-order valence-corrected chi connectivity index (χ1v) is 7.58. The Hall–Kier alpha value is -1.72. The van der Waals surface area contributed by atoms with Gasteiger partial charge in [-0.05, 0) is 30.3 Å². The van der Waals surface area contributed by atoms with Crippen LogP contribution in [-0.4, -0.2) is 9.56 Å². The van der Waals surface area contributed by atoms with Crippen molar-refractivity contribution < 1.29 is 4.39 Å². The van der Waals surface area contributed by atoms with E-state index in [0.29, 0.717) is 17.1 Å². The molecule has 0 fully saturated rings. The molecule has 0 unspecified atom stereocenters. The molecular formula is C16H12BrFN2S. The summed E-state index contributed by atoms with van der Waals surface area (Å²) in [6.07, 6.45) is 1.92. The summed E-state index contributed by atoms with van der Waals surface area (Å²) in [7, 11) is 0. The normalized spacial score (nSPS) is 11.0. The topological polar surface area (TPSA) is 30.9 Å². The maximum Gasteiger partial charge on any atom is 0.128 e. The van der Waals surface area contributed by atoms with Crippen LogP contribution >= 0.6 is 28.1 Å². The van der Waals surface area contributed by atoms with Crippen LogP contribution in [0.25, 0.3) is 10.9 Å². The van der Waals surface area contributed by atoms with Crippen LogP contribution in [0.15, 0.2) is 53.1 Å². The van der Waals surface area contributed by atoms with Crippen molar-refractivity contribution in [3.8, 4) is 0 Å². The molecule has 0 radical (unpaired) electrons. The summed E-state index contributed by atoms with van der Waals surface area (Å²) < 4.78 is 16.7. The van der Waals surface area contributed by atoms with E-state index >= 15 is 0 Å². The van der Waals surface area contributed by atoms with Gasteiger partial charge in [-0.1, -0.05) is 40.3 Å². The van der Waals surface area contributed by atoms with Gasteiger partial charge in [0.25, 0.3) is 0 Å². The first kappa shape index (κ1) is 14.2. The molecule has 0 aliphatic heterocycles. The van der Waals surface area contributed by atoms with Gasteiger partial charge in [-0.2, -0.15) is 0 Å². The van der Waals surface area contributed by atoms with Gasteiger partial charge in [-0.3, -0.25) is 0 Å². The van der Waals surface area contributed by atoms with E-state index < -0.39 is 0 Å². The van der Waals surface area contributed by atoms with Crippen LogP contribution in [0.4, 0.5) is 4.39 Å². The standard InChI is InChI=1S/C16H12BrFN2S/c17-11-4-5-14(18)10(8-11)9-20-7-6-12-13(16(19)21)2-1-3-15(12)20/h1-8H,9H2,(H2,19,21). The average molecular weight is 363 g/mol. The van der Waals surface area contributed by atoms with Gasteiger partial charge in [-0.25, -0.2) is 4.39 Å². The van der Waals surface area contributed by atoms with Crippen molar-refractivity contribution in [2.45, 2.75) is 6.54 Å². The molecule has 0 bridgehead atoms. The van der Waals surface area contributed by atoms with Crippen LogP contribution in [0, 0.1) is 5.82 Å². The van der Waals surface area contributed by atoms with Crippen molar-refractivity contribution in [2.24, 2.45) is 5.73 Å². The molecule has 2 aromatic carbocycles. The molecule has 0 saturated carbocycles. The largest absolute Gasteiger partial charge is 0.389 e. The minimum absolute atomic E-state index is 0.217. The molecule has 21 heavy (non-hydrogen) atoms. The Labute approximate surface area is 135 Å². The van der Waals surface area contributed by atoms with E-state index in [1.165, 1.54) is 6.07 Å². The molecule has 0 aliphatic carbocycles. The average Bonchev–Trinajstić information content (AvgIpc) is 2.86. The van der Waals surface area contributed by atoms with Gasteiger partial charge in [0, 0.05) is 32.7 Å². The smallest absolute Gasteiger partial charge is 0.128 e. The number of nitrogens with two attached hydrogens (primary N) is 1. The lowest BCUT2D eigenvalue weighted by Gasteiger charge is -2.08. The van der Waals surface area contributed by atoms with E-state index in [9.17, 15) is 4.39 Å². The first-order chi connectivity index (χ1) is 10.1. The Morgan fingerprint density at radius 1 is 1.24 bits per heavy atom. The number of benzene rings is 2. The van der Waals surface area contributed by atoms with E-state index in [4.69, 9.17) is 18.0 Å². The lowest BCUT2D eigenvalue weighted by atomic mass is 10.1. The van der Waals surface area contributed by atoms with Crippen LogP contribution in [0.2, 0.25) is 0 Å². The van der Waals surface area contributed by atoms with Crippen molar-refractivity contribution >= 4 is 44.0 Å². The minimum atomic E-state index is -0.217. The number of nitrogens with zero attached hydrogens (tertiary/aromatic N) is 1. The molecule has 0 saturated heterocycles. The zero-order chi connectivity index (χ0) is 15.0. The zero-order valence-electron chi connectivity index (χ0n) is 11.0. The fourth-order valence-corrected chi connectivity index (χ4v) is 3.01. The Kier molecular flexibility index (Phi) is 3.78. The lowest BCUT2D eigenvalue weighted by molar-refractivity contribution is 0.601. The Balaban J connectivity index is 2.08. The molecule has 2 nitrogen and oxygen atoms in total. The number of hydrogen-bond donors (Lipinski definition) is 1. The van der Waals surface area contributed by atoms with Crippen LogP contribution in [0.5, 0.6) is 0 Å². The lowest BCUT2D eigenvalue weighted by Crippen LogP contribution is -2.09. The van der Waals surface area contributed by atoms with E-state index in [-0.39, 0.29) is 5.82 Å². The van der Waals surface area contributed by atoms with Crippen LogP contribution < -0.4 is 5.73 Å². The maximum atomic E-state index is 13.9. The molecule has 2 N–H and O–H groups in total. The summed E-state index contributed by atoms with van der Waals surface area (Å²) in [4.78, 5) is 0.368. The van der Waals surface area contributed by atoms with Crippen molar-refractivity contribution in [3.63, 3.8) is 0 Å². The number of hydrogen-bond acceptors (Lipinski definition) is 1.